The maximum atomic E-state index is 15.4. The highest BCUT2D eigenvalue weighted by Gasteiger charge is 2.67. The highest BCUT2D eigenvalue weighted by molar-refractivity contribution is 9.11. The molecule has 1 fully saturated rings. The molecule has 27 heteroatoms. The number of hydrogen-bond acceptors (Lipinski definition) is 12. The molecule has 416 valence electrons. The minimum atomic E-state index is -3.83. The van der Waals surface area contributed by atoms with Crippen molar-refractivity contribution in [3.05, 3.63) is 229 Å². The predicted molar refractivity (Wildman–Crippen MR) is 279 cm³/mol. The second kappa shape index (κ2) is 25.1. The number of ether oxygens (including phenoxy) is 1. The zero-order valence-electron chi connectivity index (χ0n) is 40.7. The fraction of sp³-hybridized carbons (Fsp3) is 0.250. The zero-order valence-corrected chi connectivity index (χ0v) is 45.5. The smallest absolute Gasteiger partial charge is 0.324 e. The number of nitrogens with one attached hydrogen (secondary N) is 1. The van der Waals surface area contributed by atoms with Crippen LogP contribution in [0.3, 0.4) is 0 Å². The Labute approximate surface area is 470 Å². The van der Waals surface area contributed by atoms with E-state index in [4.69, 9.17) is 4.74 Å². The first-order valence-electron chi connectivity index (χ1n) is 22.7. The van der Waals surface area contributed by atoms with Gasteiger partial charge in [-0.05, 0) is 158 Å². The first-order chi connectivity index (χ1) is 36.8. The van der Waals surface area contributed by atoms with Gasteiger partial charge in [0.05, 0.1) is 19.7 Å². The molecule has 15 nitrogen and oxygen atoms in total. The third-order valence-electron chi connectivity index (χ3n) is 11.8. The van der Waals surface area contributed by atoms with Gasteiger partial charge < -0.3 is 14.9 Å². The Balaban J connectivity index is 0.000000181. The Bertz CT molecular complexity index is 3410. The van der Waals surface area contributed by atoms with Crippen molar-refractivity contribution >= 4 is 47.8 Å². The van der Waals surface area contributed by atoms with Crippen LogP contribution in [0.15, 0.2) is 160 Å². The van der Waals surface area contributed by atoms with Crippen molar-refractivity contribution in [2.24, 2.45) is 0 Å². The first-order valence-corrected chi connectivity index (χ1v) is 25.1. The van der Waals surface area contributed by atoms with Crippen molar-refractivity contribution in [3.63, 3.8) is 0 Å². The molecule has 0 radical (unpaired) electrons. The van der Waals surface area contributed by atoms with Crippen LogP contribution in [-0.2, 0) is 52.4 Å². The van der Waals surface area contributed by atoms with Crippen LogP contribution in [0.2, 0.25) is 0 Å². The van der Waals surface area contributed by atoms with E-state index in [-0.39, 0.29) is 30.7 Å². The van der Waals surface area contributed by atoms with E-state index in [0.717, 1.165) is 57.7 Å². The Kier molecular flexibility index (Phi) is 19.5. The zero-order chi connectivity index (χ0) is 56.7. The van der Waals surface area contributed by atoms with E-state index < -0.39 is 82.2 Å². The molecule has 7 heterocycles. The molecule has 1 aliphatic heterocycles. The number of H-pyrrole nitrogens is 1. The molecule has 3 atom stereocenters. The van der Waals surface area contributed by atoms with E-state index in [1.807, 2.05) is 6.92 Å². The summed E-state index contributed by atoms with van der Waals surface area (Å²) in [5.41, 5.74) is -9.58. The van der Waals surface area contributed by atoms with Crippen LogP contribution in [0.5, 0.6) is 0 Å². The summed E-state index contributed by atoms with van der Waals surface area (Å²) in [6.07, 6.45) is 7.60. The molecule has 3 N–H and O–H groups in total. The van der Waals surface area contributed by atoms with E-state index in [1.165, 1.54) is 104 Å². The standard InChI is InChI=1S/2C17H14BrF3N4O.C14H9BrF3NO.C3H5N3.CH4/c1-11-23-10-25(24-11)9-16(26,12-3-2-4-14(19)7-12)17(20,21)15-6-5-13(18)8-22-15;1-11-23-10-24-25(11)9-16(26,12-3-2-4-14(19)7-12)17(20,21)15-6-5-13(18)8-22-15;15-10-4-5-12(19-7-10)14(17,18)13(8-20-13)9-2-1-3-11(16)6-9;1-3-4-2-5-6-3;/h2*2-8,10,26H,9H2,1H3;1-7H,8H2;2H,1H3,(H,4,5,6);1H4. The number of benzene rings is 3. The van der Waals surface area contributed by atoms with Crippen molar-refractivity contribution < 1.29 is 54.5 Å². The molecular weight excluding hydrogens is 1250 g/mol. The van der Waals surface area contributed by atoms with Crippen molar-refractivity contribution in [1.29, 1.82) is 0 Å². The Morgan fingerprint density at radius 3 is 1.46 bits per heavy atom. The number of hydrogen-bond donors (Lipinski definition) is 3. The van der Waals surface area contributed by atoms with Crippen LogP contribution in [0.4, 0.5) is 39.5 Å². The van der Waals surface area contributed by atoms with Gasteiger partial charge in [0.25, 0.3) is 0 Å². The van der Waals surface area contributed by atoms with Crippen molar-refractivity contribution in [3.8, 4) is 0 Å². The lowest BCUT2D eigenvalue weighted by molar-refractivity contribution is -0.206. The number of aromatic nitrogens is 12. The fourth-order valence-electron chi connectivity index (χ4n) is 7.55. The van der Waals surface area contributed by atoms with Crippen LogP contribution in [0.1, 0.15) is 58.7 Å². The molecule has 6 aromatic heterocycles. The lowest BCUT2D eigenvalue weighted by atomic mass is 9.85. The monoisotopic (exact) mass is 1290 g/mol. The molecule has 1 saturated heterocycles. The molecule has 0 amide bonds. The summed E-state index contributed by atoms with van der Waals surface area (Å²) in [6, 6.07) is 21.7. The van der Waals surface area contributed by atoms with Crippen LogP contribution in [-0.4, -0.2) is 76.5 Å². The summed E-state index contributed by atoms with van der Waals surface area (Å²) >= 11 is 9.41. The topological polar surface area (TPSA) is 195 Å². The molecule has 0 spiro atoms. The summed E-state index contributed by atoms with van der Waals surface area (Å²) in [4.78, 5) is 22.7. The number of aryl methyl sites for hydroxylation is 3. The molecule has 79 heavy (non-hydrogen) atoms. The van der Waals surface area contributed by atoms with Crippen LogP contribution < -0.4 is 0 Å². The van der Waals surface area contributed by atoms with E-state index in [2.05, 4.69) is 98.1 Å². The van der Waals surface area contributed by atoms with Gasteiger partial charge in [0, 0.05) is 32.0 Å². The van der Waals surface area contributed by atoms with Gasteiger partial charge in [0.1, 0.15) is 71.0 Å². The molecular formula is C52H46Br3F9N12O3. The van der Waals surface area contributed by atoms with E-state index in [1.54, 1.807) is 13.8 Å². The fourth-order valence-corrected chi connectivity index (χ4v) is 8.25. The molecule has 0 bridgehead atoms. The molecule has 10 rings (SSSR count). The second-order valence-corrected chi connectivity index (χ2v) is 19.9. The maximum Gasteiger partial charge on any atom is 0.324 e. The van der Waals surface area contributed by atoms with Crippen LogP contribution >= 0.6 is 47.8 Å². The summed E-state index contributed by atoms with van der Waals surface area (Å²) in [5, 5.41) is 36.2. The number of pyridine rings is 3. The average molecular weight is 1300 g/mol. The highest BCUT2D eigenvalue weighted by Crippen LogP contribution is 2.56. The summed E-state index contributed by atoms with van der Waals surface area (Å²) < 4.78 is 140. The Morgan fingerprint density at radius 1 is 0.608 bits per heavy atom. The van der Waals surface area contributed by atoms with Crippen molar-refractivity contribution in [2.75, 3.05) is 6.61 Å². The van der Waals surface area contributed by atoms with Gasteiger partial charge in [0.2, 0.25) is 0 Å². The van der Waals surface area contributed by atoms with Gasteiger partial charge in [-0.1, -0.05) is 43.8 Å². The minimum Gasteiger partial charge on any atom is -0.377 e. The predicted octanol–water partition coefficient (Wildman–Crippen LogP) is 11.9. The van der Waals surface area contributed by atoms with E-state index >= 15 is 17.6 Å². The molecule has 3 aromatic carbocycles. The van der Waals surface area contributed by atoms with Crippen molar-refractivity contribution in [1.82, 2.24) is 59.7 Å². The normalized spacial score (nSPS) is 15.6. The lowest BCUT2D eigenvalue weighted by Gasteiger charge is -2.36. The Hall–Kier alpha value is -6.78. The number of aliphatic hydroxyl groups is 2. The summed E-state index contributed by atoms with van der Waals surface area (Å²) in [5.74, 6) is -11.5. The van der Waals surface area contributed by atoms with Gasteiger partial charge in [-0.3, -0.25) is 20.1 Å². The third kappa shape index (κ3) is 13.8. The highest BCUT2D eigenvalue weighted by atomic mass is 79.9. The van der Waals surface area contributed by atoms with Gasteiger partial charge in [-0.15, -0.1) is 0 Å². The third-order valence-corrected chi connectivity index (χ3v) is 13.2. The minimum absolute atomic E-state index is 0. The second-order valence-electron chi connectivity index (χ2n) is 17.2. The number of halogens is 12. The van der Waals surface area contributed by atoms with E-state index in [9.17, 15) is 32.2 Å². The molecule has 9 aromatic rings. The van der Waals surface area contributed by atoms with Gasteiger partial charge in [-0.2, -0.15) is 41.6 Å². The molecule has 3 unspecified atom stereocenters. The number of rotatable bonds is 13. The largest absolute Gasteiger partial charge is 0.377 e. The van der Waals surface area contributed by atoms with E-state index in [0.29, 0.717) is 25.1 Å². The average Bonchev–Trinajstić information content (AvgIpc) is 3.66. The van der Waals surface area contributed by atoms with Crippen LogP contribution in [0.25, 0.3) is 0 Å². The van der Waals surface area contributed by atoms with Gasteiger partial charge >= 0.3 is 17.8 Å². The van der Waals surface area contributed by atoms with Crippen molar-refractivity contribution in [2.45, 2.75) is 75.9 Å². The molecule has 0 saturated carbocycles. The number of alkyl halides is 6. The summed E-state index contributed by atoms with van der Waals surface area (Å²) in [7, 11) is 0. The number of aromatic amines is 1. The van der Waals surface area contributed by atoms with Crippen LogP contribution in [0, 0.1) is 38.2 Å². The molecule has 0 aliphatic carbocycles. The van der Waals surface area contributed by atoms with Gasteiger partial charge in [0.15, 0.2) is 16.8 Å². The number of epoxide rings is 1. The maximum absolute atomic E-state index is 15.4. The Morgan fingerprint density at radius 2 is 1.09 bits per heavy atom. The SMILES string of the molecule is C.Cc1ncn(CC(O)(c2cccc(F)c2)C(F)(F)c2ccc(Br)cn2)n1.Cc1ncn[nH]1.Cc1ncnn1CC(O)(c1cccc(F)c1)C(F)(F)c1ccc(Br)cn1.Fc1cccc(C2(C(F)(F)c3ccc(Br)cn3)CO2)c1. The van der Waals surface area contributed by atoms with Gasteiger partial charge in [-0.25, -0.2) is 37.5 Å². The first kappa shape index (κ1) is 61.4. The number of nitrogens with zero attached hydrogens (tertiary/aromatic N) is 11. The molecule has 1 aliphatic rings. The summed E-state index contributed by atoms with van der Waals surface area (Å²) in [6.45, 7) is 3.57. The quantitative estimate of drug-likeness (QED) is 0.0731. The lowest BCUT2D eigenvalue weighted by Crippen LogP contribution is -2.47.